The minimum atomic E-state index is -0.701. The first-order chi connectivity index (χ1) is 12.7. The van der Waals surface area contributed by atoms with Gasteiger partial charge in [-0.25, -0.2) is 4.68 Å². The van der Waals surface area contributed by atoms with Crippen molar-refractivity contribution in [3.05, 3.63) is 40.3 Å². The SMILES string of the molecule is CC(C)c1nn(CC(=O)NC2CC(C)(O)C2)c(=O)c2sc3ccccc3c12. The van der Waals surface area contributed by atoms with E-state index in [1.165, 1.54) is 16.0 Å². The maximum Gasteiger partial charge on any atom is 0.285 e. The Morgan fingerprint density at radius 2 is 2.11 bits per heavy atom. The van der Waals surface area contributed by atoms with Crippen molar-refractivity contribution in [3.63, 3.8) is 0 Å². The van der Waals surface area contributed by atoms with Gasteiger partial charge in [0.2, 0.25) is 5.91 Å². The fourth-order valence-electron chi connectivity index (χ4n) is 3.82. The number of hydrogen-bond donors (Lipinski definition) is 2. The molecule has 1 saturated carbocycles. The molecule has 0 atom stereocenters. The van der Waals surface area contributed by atoms with Crippen molar-refractivity contribution in [3.8, 4) is 0 Å². The lowest BCUT2D eigenvalue weighted by atomic mass is 9.77. The van der Waals surface area contributed by atoms with E-state index in [1.54, 1.807) is 6.92 Å². The van der Waals surface area contributed by atoms with Crippen LogP contribution in [-0.2, 0) is 11.3 Å². The van der Waals surface area contributed by atoms with Crippen LogP contribution in [0.3, 0.4) is 0 Å². The van der Waals surface area contributed by atoms with Gasteiger partial charge in [-0.15, -0.1) is 11.3 Å². The highest BCUT2D eigenvalue weighted by atomic mass is 32.1. The Morgan fingerprint density at radius 3 is 2.78 bits per heavy atom. The van der Waals surface area contributed by atoms with Gasteiger partial charge in [0.25, 0.3) is 5.56 Å². The summed E-state index contributed by atoms with van der Waals surface area (Å²) in [6.45, 7) is 5.73. The minimum absolute atomic E-state index is 0.0409. The summed E-state index contributed by atoms with van der Waals surface area (Å²) in [5, 5.41) is 19.2. The van der Waals surface area contributed by atoms with Crippen LogP contribution in [0.15, 0.2) is 29.1 Å². The molecule has 2 N–H and O–H groups in total. The van der Waals surface area contributed by atoms with Gasteiger partial charge in [0, 0.05) is 21.5 Å². The summed E-state index contributed by atoms with van der Waals surface area (Å²) in [5.41, 5.74) is -0.0961. The third-order valence-electron chi connectivity index (χ3n) is 5.09. The zero-order valence-electron chi connectivity index (χ0n) is 15.7. The molecule has 0 aliphatic heterocycles. The van der Waals surface area contributed by atoms with Gasteiger partial charge < -0.3 is 10.4 Å². The molecule has 2 heterocycles. The third kappa shape index (κ3) is 3.26. The second-order valence-electron chi connectivity index (χ2n) is 7.97. The lowest BCUT2D eigenvalue weighted by molar-refractivity contribution is -0.125. The van der Waals surface area contributed by atoms with Crippen molar-refractivity contribution >= 4 is 37.4 Å². The lowest BCUT2D eigenvalue weighted by Gasteiger charge is -2.41. The summed E-state index contributed by atoms with van der Waals surface area (Å²) in [6.07, 6.45) is 1.07. The largest absolute Gasteiger partial charge is 0.390 e. The van der Waals surface area contributed by atoms with Crippen LogP contribution in [0.1, 0.15) is 45.2 Å². The van der Waals surface area contributed by atoms with Gasteiger partial charge in [0.15, 0.2) is 0 Å². The Morgan fingerprint density at radius 1 is 1.41 bits per heavy atom. The lowest BCUT2D eigenvalue weighted by Crippen LogP contribution is -2.54. The van der Waals surface area contributed by atoms with Crippen molar-refractivity contribution in [1.29, 1.82) is 0 Å². The van der Waals surface area contributed by atoms with Gasteiger partial charge in [-0.3, -0.25) is 9.59 Å². The quantitative estimate of drug-likeness (QED) is 0.723. The zero-order chi connectivity index (χ0) is 19.3. The molecule has 1 fully saturated rings. The Labute approximate surface area is 160 Å². The molecular formula is C20H23N3O3S. The van der Waals surface area contributed by atoms with Gasteiger partial charge in [-0.2, -0.15) is 5.10 Å². The van der Waals surface area contributed by atoms with Crippen LogP contribution in [0, 0.1) is 0 Å². The van der Waals surface area contributed by atoms with Crippen LogP contribution in [0.2, 0.25) is 0 Å². The van der Waals surface area contributed by atoms with E-state index in [1.807, 2.05) is 38.1 Å². The molecule has 27 heavy (non-hydrogen) atoms. The monoisotopic (exact) mass is 385 g/mol. The molecule has 6 nitrogen and oxygen atoms in total. The molecule has 2 aromatic heterocycles. The zero-order valence-corrected chi connectivity index (χ0v) is 16.5. The molecule has 0 unspecified atom stereocenters. The van der Waals surface area contributed by atoms with Crippen molar-refractivity contribution in [1.82, 2.24) is 15.1 Å². The number of benzene rings is 1. The average Bonchev–Trinajstić information content (AvgIpc) is 2.95. The smallest absolute Gasteiger partial charge is 0.285 e. The fraction of sp³-hybridized carbons (Fsp3) is 0.450. The minimum Gasteiger partial charge on any atom is -0.390 e. The topological polar surface area (TPSA) is 84.2 Å². The molecule has 142 valence electrons. The van der Waals surface area contributed by atoms with Gasteiger partial charge in [-0.05, 0) is 31.7 Å². The summed E-state index contributed by atoms with van der Waals surface area (Å²) in [6, 6.07) is 7.90. The molecule has 1 amide bonds. The highest BCUT2D eigenvalue weighted by Gasteiger charge is 2.39. The number of carbonyl (C=O) groups excluding carboxylic acids is 1. The number of hydrogen-bond acceptors (Lipinski definition) is 5. The van der Waals surface area contributed by atoms with E-state index in [0.717, 1.165) is 21.2 Å². The molecule has 0 saturated heterocycles. The summed E-state index contributed by atoms with van der Waals surface area (Å²) in [5.74, 6) is -0.123. The van der Waals surface area contributed by atoms with Crippen LogP contribution in [0.4, 0.5) is 0 Å². The van der Waals surface area contributed by atoms with Gasteiger partial charge in [-0.1, -0.05) is 32.0 Å². The predicted octanol–water partition coefficient (Wildman–Crippen LogP) is 2.76. The first-order valence-corrected chi connectivity index (χ1v) is 10.0. The molecule has 3 aromatic rings. The van der Waals surface area contributed by atoms with Crippen LogP contribution in [0.5, 0.6) is 0 Å². The Balaban J connectivity index is 1.71. The van der Waals surface area contributed by atoms with E-state index in [9.17, 15) is 14.7 Å². The number of nitrogens with one attached hydrogen (secondary N) is 1. The number of thiophene rings is 1. The first kappa shape index (κ1) is 18.1. The van der Waals surface area contributed by atoms with E-state index < -0.39 is 5.60 Å². The molecule has 0 spiro atoms. The maximum atomic E-state index is 13.0. The molecule has 0 radical (unpaired) electrons. The highest BCUT2D eigenvalue weighted by Crippen LogP contribution is 2.35. The number of amides is 1. The van der Waals surface area contributed by atoms with Crippen LogP contribution < -0.4 is 10.9 Å². The molecule has 0 bridgehead atoms. The highest BCUT2D eigenvalue weighted by molar-refractivity contribution is 7.25. The number of rotatable bonds is 4. The van der Waals surface area contributed by atoms with Crippen LogP contribution in [-0.4, -0.2) is 32.4 Å². The van der Waals surface area contributed by atoms with Gasteiger partial charge in [0.1, 0.15) is 11.2 Å². The number of aliphatic hydroxyl groups is 1. The normalized spacial score (nSPS) is 22.3. The Kier molecular flexibility index (Phi) is 4.31. The summed E-state index contributed by atoms with van der Waals surface area (Å²) in [4.78, 5) is 25.4. The second kappa shape index (κ2) is 6.42. The van der Waals surface area contributed by atoms with Crippen molar-refractivity contribution in [2.75, 3.05) is 0 Å². The van der Waals surface area contributed by atoms with Gasteiger partial charge >= 0.3 is 0 Å². The molecule has 1 aliphatic rings. The number of carbonyl (C=O) groups is 1. The van der Waals surface area contributed by atoms with E-state index in [0.29, 0.717) is 17.5 Å². The Bertz CT molecular complexity index is 1090. The molecular weight excluding hydrogens is 362 g/mol. The Hall–Kier alpha value is -2.25. The van der Waals surface area contributed by atoms with Crippen molar-refractivity contribution < 1.29 is 9.90 Å². The van der Waals surface area contributed by atoms with Crippen LogP contribution in [0.25, 0.3) is 20.2 Å². The fourth-order valence-corrected chi connectivity index (χ4v) is 4.97. The van der Waals surface area contributed by atoms with Crippen LogP contribution >= 0.6 is 11.3 Å². The van der Waals surface area contributed by atoms with E-state index in [2.05, 4.69) is 10.4 Å². The molecule has 1 aromatic carbocycles. The van der Waals surface area contributed by atoms with E-state index in [4.69, 9.17) is 0 Å². The summed E-state index contributed by atoms with van der Waals surface area (Å²) >= 11 is 1.45. The number of fused-ring (bicyclic) bond motifs is 3. The maximum absolute atomic E-state index is 13.0. The van der Waals surface area contributed by atoms with Gasteiger partial charge in [0.05, 0.1) is 11.3 Å². The standard InChI is InChI=1S/C20H23N3O3S/c1-11(2)17-16-13-6-4-5-7-14(13)27-18(16)19(25)23(22-17)10-15(24)21-12-8-20(3,26)9-12/h4-7,11-12,26H,8-10H2,1-3H3,(H,21,24). The number of aromatic nitrogens is 2. The average molecular weight is 385 g/mol. The number of nitrogens with zero attached hydrogens (tertiary/aromatic N) is 2. The van der Waals surface area contributed by atoms with E-state index in [-0.39, 0.29) is 30.0 Å². The first-order valence-electron chi connectivity index (χ1n) is 9.19. The predicted molar refractivity (Wildman–Crippen MR) is 107 cm³/mol. The van der Waals surface area contributed by atoms with Crippen molar-refractivity contribution in [2.45, 2.75) is 57.7 Å². The molecule has 7 heteroatoms. The van der Waals surface area contributed by atoms with E-state index >= 15 is 0 Å². The van der Waals surface area contributed by atoms with Crippen molar-refractivity contribution in [2.24, 2.45) is 0 Å². The summed E-state index contributed by atoms with van der Waals surface area (Å²) < 4.78 is 2.97. The third-order valence-corrected chi connectivity index (χ3v) is 6.25. The second-order valence-corrected chi connectivity index (χ2v) is 9.03. The summed E-state index contributed by atoms with van der Waals surface area (Å²) in [7, 11) is 0. The molecule has 1 aliphatic carbocycles. The molecule has 4 rings (SSSR count).